The Balaban J connectivity index is 2.03. The Labute approximate surface area is 128 Å². The molecule has 0 aromatic carbocycles. The number of aliphatic hydroxyl groups excluding tert-OH is 1. The largest absolute Gasteiger partial charge is 0.394 e. The highest BCUT2D eigenvalue weighted by atomic mass is 16.3. The lowest BCUT2D eigenvalue weighted by atomic mass is 9.91. The Kier molecular flexibility index (Phi) is 5.41. The molecule has 0 radical (unpaired) electrons. The lowest BCUT2D eigenvalue weighted by Gasteiger charge is -2.27. The van der Waals surface area contributed by atoms with Gasteiger partial charge in [0.1, 0.15) is 0 Å². The Bertz CT molecular complexity index is 439. The number of rotatable bonds is 6. The number of hydrogen-bond acceptors (Lipinski definition) is 4. The number of likely N-dealkylation sites (N-methyl/N-ethyl adjacent to an activating group) is 1. The van der Waals surface area contributed by atoms with Gasteiger partial charge in [0.05, 0.1) is 18.8 Å². The first-order valence-corrected chi connectivity index (χ1v) is 7.95. The summed E-state index contributed by atoms with van der Waals surface area (Å²) in [6, 6.07) is 0.637. The van der Waals surface area contributed by atoms with Crippen LogP contribution in [0.25, 0.3) is 0 Å². The first-order valence-electron chi connectivity index (χ1n) is 7.95. The van der Waals surface area contributed by atoms with E-state index in [9.17, 15) is 0 Å². The number of aromatic nitrogens is 2. The van der Waals surface area contributed by atoms with Crippen LogP contribution >= 0.6 is 0 Å². The van der Waals surface area contributed by atoms with Crippen molar-refractivity contribution in [3.8, 4) is 0 Å². The van der Waals surface area contributed by atoms with E-state index in [2.05, 4.69) is 56.0 Å². The van der Waals surface area contributed by atoms with Gasteiger partial charge in [-0.25, -0.2) is 0 Å². The van der Waals surface area contributed by atoms with E-state index in [0.29, 0.717) is 18.5 Å². The average Bonchev–Trinajstić information content (AvgIpc) is 2.95. The summed E-state index contributed by atoms with van der Waals surface area (Å²) >= 11 is 0. The van der Waals surface area contributed by atoms with Gasteiger partial charge < -0.3 is 10.0 Å². The van der Waals surface area contributed by atoms with E-state index >= 15 is 0 Å². The summed E-state index contributed by atoms with van der Waals surface area (Å²) in [4.78, 5) is 4.91. The Hall–Kier alpha value is -0.910. The fourth-order valence-corrected chi connectivity index (χ4v) is 3.40. The molecule has 5 nitrogen and oxygen atoms in total. The summed E-state index contributed by atoms with van der Waals surface area (Å²) in [5.74, 6) is 1.44. The zero-order valence-electron chi connectivity index (χ0n) is 14.1. The van der Waals surface area contributed by atoms with Crippen LogP contribution in [0.2, 0.25) is 0 Å². The van der Waals surface area contributed by atoms with E-state index in [1.54, 1.807) is 0 Å². The van der Waals surface area contributed by atoms with Crippen molar-refractivity contribution in [3.05, 3.63) is 17.5 Å². The first kappa shape index (κ1) is 16.5. The van der Waals surface area contributed by atoms with Crippen molar-refractivity contribution >= 4 is 0 Å². The van der Waals surface area contributed by atoms with E-state index in [0.717, 1.165) is 31.2 Å². The predicted octanol–water partition coefficient (Wildman–Crippen LogP) is 1.20. The minimum atomic E-state index is 0.141. The van der Waals surface area contributed by atoms with Gasteiger partial charge in [-0.2, -0.15) is 5.10 Å². The predicted molar refractivity (Wildman–Crippen MR) is 85.1 cm³/mol. The van der Waals surface area contributed by atoms with Crippen molar-refractivity contribution in [1.82, 2.24) is 19.6 Å². The molecule has 2 rings (SSSR count). The highest BCUT2D eigenvalue weighted by molar-refractivity contribution is 5.15. The Morgan fingerprint density at radius 2 is 2.10 bits per heavy atom. The highest BCUT2D eigenvalue weighted by Gasteiger charge is 2.35. The smallest absolute Gasteiger partial charge is 0.0641 e. The molecule has 120 valence electrons. The second kappa shape index (κ2) is 6.90. The zero-order chi connectivity index (χ0) is 15.6. The maximum Gasteiger partial charge on any atom is 0.0641 e. The van der Waals surface area contributed by atoms with Crippen LogP contribution < -0.4 is 0 Å². The van der Waals surface area contributed by atoms with Crippen molar-refractivity contribution in [2.24, 2.45) is 11.8 Å². The molecule has 2 heterocycles. The summed E-state index contributed by atoms with van der Waals surface area (Å²) in [5.41, 5.74) is 2.36. The van der Waals surface area contributed by atoms with E-state index in [1.165, 1.54) is 5.56 Å². The molecule has 0 bridgehead atoms. The van der Waals surface area contributed by atoms with Crippen molar-refractivity contribution in [3.63, 3.8) is 0 Å². The molecule has 1 N–H and O–H groups in total. The SMILES string of the molecule is Cc1nn(CCO)cc1CN1C[C@H](C(C)C)[C@@H](N(C)C)C1. The number of aryl methyl sites for hydroxylation is 1. The van der Waals surface area contributed by atoms with Crippen molar-refractivity contribution in [2.45, 2.75) is 39.9 Å². The number of hydrogen-bond donors (Lipinski definition) is 1. The fourth-order valence-electron chi connectivity index (χ4n) is 3.40. The van der Waals surface area contributed by atoms with Gasteiger partial charge in [0, 0.05) is 37.4 Å². The van der Waals surface area contributed by atoms with E-state index < -0.39 is 0 Å². The number of aliphatic hydroxyl groups is 1. The minimum Gasteiger partial charge on any atom is -0.394 e. The molecule has 1 aromatic rings. The van der Waals surface area contributed by atoms with Gasteiger partial charge in [-0.1, -0.05) is 13.8 Å². The fraction of sp³-hybridized carbons (Fsp3) is 0.812. The monoisotopic (exact) mass is 294 g/mol. The van der Waals surface area contributed by atoms with Crippen molar-refractivity contribution in [1.29, 1.82) is 0 Å². The van der Waals surface area contributed by atoms with Gasteiger partial charge in [-0.15, -0.1) is 0 Å². The Morgan fingerprint density at radius 1 is 1.38 bits per heavy atom. The molecule has 0 saturated carbocycles. The molecule has 0 spiro atoms. The second-order valence-electron chi connectivity index (χ2n) is 6.86. The van der Waals surface area contributed by atoms with Crippen LogP contribution in [0.4, 0.5) is 0 Å². The van der Waals surface area contributed by atoms with E-state index in [1.807, 2.05) is 4.68 Å². The van der Waals surface area contributed by atoms with Gasteiger partial charge in [0.25, 0.3) is 0 Å². The molecule has 0 unspecified atom stereocenters. The molecule has 1 aliphatic heterocycles. The number of likely N-dealkylation sites (tertiary alicyclic amines) is 1. The summed E-state index contributed by atoms with van der Waals surface area (Å²) in [7, 11) is 4.38. The maximum atomic E-state index is 9.02. The normalized spacial score (nSPS) is 23.6. The van der Waals surface area contributed by atoms with Crippen LogP contribution in [-0.4, -0.2) is 64.5 Å². The molecular formula is C16H30N4O. The lowest BCUT2D eigenvalue weighted by Crippen LogP contribution is -2.37. The zero-order valence-corrected chi connectivity index (χ0v) is 14.1. The molecule has 0 amide bonds. The second-order valence-corrected chi connectivity index (χ2v) is 6.86. The molecule has 1 fully saturated rings. The Morgan fingerprint density at radius 3 is 2.62 bits per heavy atom. The quantitative estimate of drug-likeness (QED) is 0.856. The lowest BCUT2D eigenvalue weighted by molar-refractivity contribution is 0.215. The molecule has 1 aliphatic rings. The van der Waals surface area contributed by atoms with Crippen molar-refractivity contribution < 1.29 is 5.11 Å². The minimum absolute atomic E-state index is 0.141. The van der Waals surface area contributed by atoms with Gasteiger partial charge in [-0.3, -0.25) is 9.58 Å². The van der Waals surface area contributed by atoms with Crippen LogP contribution in [0.3, 0.4) is 0 Å². The number of nitrogens with zero attached hydrogens (tertiary/aromatic N) is 4. The summed E-state index contributed by atoms with van der Waals surface area (Å²) in [6.07, 6.45) is 2.08. The van der Waals surface area contributed by atoms with Crippen LogP contribution in [-0.2, 0) is 13.1 Å². The molecule has 0 aliphatic carbocycles. The van der Waals surface area contributed by atoms with Gasteiger partial charge in [-0.05, 0) is 32.9 Å². The first-order chi connectivity index (χ1) is 9.92. The molecule has 1 aromatic heterocycles. The molecule has 5 heteroatoms. The molecule has 21 heavy (non-hydrogen) atoms. The van der Waals surface area contributed by atoms with Crippen molar-refractivity contribution in [2.75, 3.05) is 33.8 Å². The molecule has 2 atom stereocenters. The van der Waals surface area contributed by atoms with Gasteiger partial charge in [0.15, 0.2) is 0 Å². The van der Waals surface area contributed by atoms with E-state index in [4.69, 9.17) is 5.11 Å². The average molecular weight is 294 g/mol. The van der Waals surface area contributed by atoms with Gasteiger partial charge in [0.2, 0.25) is 0 Å². The maximum absolute atomic E-state index is 9.02. The van der Waals surface area contributed by atoms with E-state index in [-0.39, 0.29) is 6.61 Å². The summed E-state index contributed by atoms with van der Waals surface area (Å²) in [6.45, 7) is 10.7. The summed E-state index contributed by atoms with van der Waals surface area (Å²) < 4.78 is 1.85. The third kappa shape index (κ3) is 3.84. The summed E-state index contributed by atoms with van der Waals surface area (Å²) in [5, 5.41) is 13.5. The van der Waals surface area contributed by atoms with Gasteiger partial charge >= 0.3 is 0 Å². The topological polar surface area (TPSA) is 44.5 Å². The highest BCUT2D eigenvalue weighted by Crippen LogP contribution is 2.28. The third-order valence-electron chi connectivity index (χ3n) is 4.70. The third-order valence-corrected chi connectivity index (χ3v) is 4.70. The van der Waals surface area contributed by atoms with Crippen LogP contribution in [0.5, 0.6) is 0 Å². The van der Waals surface area contributed by atoms with Crippen LogP contribution in [0.1, 0.15) is 25.1 Å². The molecule has 1 saturated heterocycles. The standard InChI is InChI=1S/C16H30N4O/c1-12(2)15-10-19(11-16(15)18(4)5)8-14-9-20(6-7-21)17-13(14)3/h9,12,15-16,21H,6-8,10-11H2,1-5H3/t15-,16+/m1/s1. The van der Waals surface area contributed by atoms with Crippen LogP contribution in [0, 0.1) is 18.8 Å². The van der Waals surface area contributed by atoms with Crippen LogP contribution in [0.15, 0.2) is 6.20 Å². The molecular weight excluding hydrogens is 264 g/mol.